The quantitative estimate of drug-likeness (QED) is 0.669. The summed E-state index contributed by atoms with van der Waals surface area (Å²) in [6, 6.07) is 11.2. The number of anilines is 1. The van der Waals surface area contributed by atoms with E-state index >= 15 is 0 Å². The molecule has 0 fully saturated rings. The lowest BCUT2D eigenvalue weighted by atomic mass is 10.1. The minimum Gasteiger partial charge on any atom is -0.302 e. The number of carbonyl (C=O) groups excluding carboxylic acids is 3. The molecule has 0 bridgehead atoms. The Labute approximate surface area is 166 Å². The first-order chi connectivity index (χ1) is 13.5. The van der Waals surface area contributed by atoms with E-state index in [4.69, 9.17) is 0 Å². The molecule has 0 atom stereocenters. The van der Waals surface area contributed by atoms with Crippen LogP contribution in [0.5, 0.6) is 0 Å². The molecule has 0 spiro atoms. The first-order valence-electron chi connectivity index (χ1n) is 9.12. The standard InChI is InChI=1S/C21H19N3O3S/c1-3-13-5-7-16-17(11-13)28-21(22-16)23-18(25)8-9-24-19(26)14-6-4-12(2)10-15(14)20(24)27/h4-7,10-11H,3,8-9H2,1-2H3,(H,22,23,25). The summed E-state index contributed by atoms with van der Waals surface area (Å²) >= 11 is 1.42. The number of imide groups is 1. The average molecular weight is 393 g/mol. The zero-order valence-corrected chi connectivity index (χ0v) is 16.4. The van der Waals surface area contributed by atoms with Gasteiger partial charge in [-0.3, -0.25) is 19.3 Å². The van der Waals surface area contributed by atoms with Crippen LogP contribution in [0.1, 0.15) is 45.2 Å². The average Bonchev–Trinajstić information content (AvgIpc) is 3.18. The van der Waals surface area contributed by atoms with Crippen molar-refractivity contribution in [1.82, 2.24) is 9.88 Å². The van der Waals surface area contributed by atoms with E-state index in [-0.39, 0.29) is 30.7 Å². The summed E-state index contributed by atoms with van der Waals surface area (Å²) in [6.45, 7) is 4.00. The number of benzene rings is 2. The highest BCUT2D eigenvalue weighted by Gasteiger charge is 2.35. The second-order valence-electron chi connectivity index (χ2n) is 6.78. The predicted molar refractivity (Wildman–Crippen MR) is 109 cm³/mol. The number of nitrogens with one attached hydrogen (secondary N) is 1. The molecule has 0 unspecified atom stereocenters. The number of rotatable bonds is 5. The van der Waals surface area contributed by atoms with Crippen molar-refractivity contribution in [1.29, 1.82) is 0 Å². The summed E-state index contributed by atoms with van der Waals surface area (Å²) in [4.78, 5) is 42.8. The Morgan fingerprint density at radius 3 is 2.68 bits per heavy atom. The van der Waals surface area contributed by atoms with E-state index in [1.807, 2.05) is 19.1 Å². The molecule has 4 rings (SSSR count). The van der Waals surface area contributed by atoms with Crippen LogP contribution in [0, 0.1) is 6.92 Å². The lowest BCUT2D eigenvalue weighted by Gasteiger charge is -2.12. The number of fused-ring (bicyclic) bond motifs is 2. The van der Waals surface area contributed by atoms with Gasteiger partial charge >= 0.3 is 0 Å². The highest BCUT2D eigenvalue weighted by Crippen LogP contribution is 2.27. The number of carbonyl (C=O) groups is 3. The third-order valence-electron chi connectivity index (χ3n) is 4.80. The largest absolute Gasteiger partial charge is 0.302 e. The molecule has 28 heavy (non-hydrogen) atoms. The van der Waals surface area contributed by atoms with E-state index in [1.165, 1.54) is 16.9 Å². The molecule has 3 aromatic rings. The topological polar surface area (TPSA) is 79.4 Å². The lowest BCUT2D eigenvalue weighted by molar-refractivity contribution is -0.116. The molecule has 0 saturated heterocycles. The molecule has 3 amide bonds. The van der Waals surface area contributed by atoms with E-state index in [0.717, 1.165) is 27.1 Å². The minimum atomic E-state index is -0.347. The van der Waals surface area contributed by atoms with Gasteiger partial charge in [-0.15, -0.1) is 0 Å². The van der Waals surface area contributed by atoms with Crippen molar-refractivity contribution in [2.24, 2.45) is 0 Å². The van der Waals surface area contributed by atoms with Crippen molar-refractivity contribution < 1.29 is 14.4 Å². The second-order valence-corrected chi connectivity index (χ2v) is 7.81. The van der Waals surface area contributed by atoms with Crippen LogP contribution in [0.25, 0.3) is 10.2 Å². The van der Waals surface area contributed by atoms with Crippen molar-refractivity contribution >= 4 is 44.4 Å². The second kappa shape index (κ2) is 7.16. The zero-order valence-electron chi connectivity index (χ0n) is 15.6. The number of hydrogen-bond acceptors (Lipinski definition) is 5. The van der Waals surface area contributed by atoms with Gasteiger partial charge < -0.3 is 5.32 Å². The van der Waals surface area contributed by atoms with E-state index < -0.39 is 0 Å². The van der Waals surface area contributed by atoms with Gasteiger partial charge in [0.05, 0.1) is 21.3 Å². The summed E-state index contributed by atoms with van der Waals surface area (Å²) in [5.74, 6) is -0.967. The molecule has 1 N–H and O–H groups in total. The Morgan fingerprint density at radius 1 is 1.11 bits per heavy atom. The third kappa shape index (κ3) is 3.29. The van der Waals surface area contributed by atoms with Gasteiger partial charge in [0.25, 0.3) is 11.8 Å². The Morgan fingerprint density at radius 2 is 1.89 bits per heavy atom. The molecule has 142 valence electrons. The lowest BCUT2D eigenvalue weighted by Crippen LogP contribution is -2.32. The van der Waals surface area contributed by atoms with E-state index in [1.54, 1.807) is 18.2 Å². The molecule has 1 aliphatic heterocycles. The zero-order chi connectivity index (χ0) is 19.8. The Bertz CT molecular complexity index is 1120. The van der Waals surface area contributed by atoms with Crippen molar-refractivity contribution in [3.63, 3.8) is 0 Å². The summed E-state index contributed by atoms with van der Waals surface area (Å²) < 4.78 is 1.02. The number of hydrogen-bond donors (Lipinski definition) is 1. The van der Waals surface area contributed by atoms with Gasteiger partial charge in [0.2, 0.25) is 5.91 Å². The summed E-state index contributed by atoms with van der Waals surface area (Å²) in [5.41, 5.74) is 3.78. The molecule has 0 saturated carbocycles. The monoisotopic (exact) mass is 393 g/mol. The molecule has 7 heteroatoms. The van der Waals surface area contributed by atoms with Crippen LogP contribution in [0.2, 0.25) is 0 Å². The fourth-order valence-electron chi connectivity index (χ4n) is 3.25. The van der Waals surface area contributed by atoms with Gasteiger partial charge in [-0.1, -0.05) is 36.0 Å². The van der Waals surface area contributed by atoms with Gasteiger partial charge in [0.1, 0.15) is 0 Å². The molecule has 1 aliphatic rings. The number of aryl methyl sites for hydroxylation is 2. The maximum Gasteiger partial charge on any atom is 0.261 e. The number of thiazole rings is 1. The Hall–Kier alpha value is -3.06. The van der Waals surface area contributed by atoms with Crippen LogP contribution in [0.4, 0.5) is 5.13 Å². The summed E-state index contributed by atoms with van der Waals surface area (Å²) in [6.07, 6.45) is 0.968. The molecule has 0 aliphatic carbocycles. The van der Waals surface area contributed by atoms with Crippen LogP contribution in [-0.4, -0.2) is 34.2 Å². The van der Waals surface area contributed by atoms with Crippen molar-refractivity contribution in [2.75, 3.05) is 11.9 Å². The third-order valence-corrected chi connectivity index (χ3v) is 5.73. The van der Waals surface area contributed by atoms with Crippen molar-refractivity contribution in [3.8, 4) is 0 Å². The first-order valence-corrected chi connectivity index (χ1v) is 9.94. The van der Waals surface area contributed by atoms with Crippen LogP contribution in [-0.2, 0) is 11.2 Å². The maximum atomic E-state index is 12.5. The van der Waals surface area contributed by atoms with Crippen molar-refractivity contribution in [3.05, 3.63) is 58.7 Å². The fourth-order valence-corrected chi connectivity index (χ4v) is 4.19. The van der Waals surface area contributed by atoms with Gasteiger partial charge in [-0.05, 0) is 43.2 Å². The van der Waals surface area contributed by atoms with Crippen LogP contribution in [0.15, 0.2) is 36.4 Å². The van der Waals surface area contributed by atoms with Gasteiger partial charge in [-0.25, -0.2) is 4.98 Å². The Kier molecular flexibility index (Phi) is 4.68. The number of amides is 3. The van der Waals surface area contributed by atoms with E-state index in [2.05, 4.69) is 23.3 Å². The maximum absolute atomic E-state index is 12.5. The molecule has 2 aromatic carbocycles. The highest BCUT2D eigenvalue weighted by atomic mass is 32.1. The van der Waals surface area contributed by atoms with Crippen molar-refractivity contribution in [2.45, 2.75) is 26.7 Å². The minimum absolute atomic E-state index is 0.0284. The smallest absolute Gasteiger partial charge is 0.261 e. The van der Waals surface area contributed by atoms with Gasteiger partial charge in [0.15, 0.2) is 5.13 Å². The van der Waals surface area contributed by atoms with Gasteiger partial charge in [0, 0.05) is 13.0 Å². The normalized spacial score (nSPS) is 13.3. The SMILES string of the molecule is CCc1ccc2nc(NC(=O)CCN3C(=O)c4ccc(C)cc4C3=O)sc2c1. The van der Waals surface area contributed by atoms with Crippen LogP contribution in [0.3, 0.4) is 0 Å². The molecule has 6 nitrogen and oxygen atoms in total. The van der Waals surface area contributed by atoms with E-state index in [0.29, 0.717) is 16.3 Å². The van der Waals surface area contributed by atoms with E-state index in [9.17, 15) is 14.4 Å². The van der Waals surface area contributed by atoms with Crippen LogP contribution < -0.4 is 5.32 Å². The molecular weight excluding hydrogens is 374 g/mol. The number of aromatic nitrogens is 1. The summed E-state index contributed by atoms with van der Waals surface area (Å²) in [7, 11) is 0. The Balaban J connectivity index is 1.41. The summed E-state index contributed by atoms with van der Waals surface area (Å²) in [5, 5.41) is 3.29. The van der Waals surface area contributed by atoms with Gasteiger partial charge in [-0.2, -0.15) is 0 Å². The van der Waals surface area contributed by atoms with Crippen LogP contribution >= 0.6 is 11.3 Å². The number of nitrogens with zero attached hydrogens (tertiary/aromatic N) is 2. The molecular formula is C21H19N3O3S. The molecule has 0 radical (unpaired) electrons. The fraction of sp³-hybridized carbons (Fsp3) is 0.238. The highest BCUT2D eigenvalue weighted by molar-refractivity contribution is 7.22. The molecule has 1 aromatic heterocycles. The molecule has 2 heterocycles. The first kappa shape index (κ1) is 18.3. The predicted octanol–water partition coefficient (Wildman–Crippen LogP) is 3.79.